The number of rotatable bonds is 2. The van der Waals surface area contributed by atoms with Gasteiger partial charge in [0.25, 0.3) is 0 Å². The summed E-state index contributed by atoms with van der Waals surface area (Å²) in [6.07, 6.45) is 2.10. The summed E-state index contributed by atoms with van der Waals surface area (Å²) in [5, 5.41) is 0. The predicted molar refractivity (Wildman–Crippen MR) is 69.8 cm³/mol. The van der Waals surface area contributed by atoms with Crippen LogP contribution in [-0.4, -0.2) is 36.8 Å². The van der Waals surface area contributed by atoms with Gasteiger partial charge < -0.3 is 15.4 Å². The van der Waals surface area contributed by atoms with Crippen molar-refractivity contribution in [3.8, 4) is 0 Å². The number of ether oxygens (including phenoxy) is 1. The van der Waals surface area contributed by atoms with Crippen molar-refractivity contribution in [2.24, 2.45) is 5.73 Å². The van der Waals surface area contributed by atoms with Crippen molar-refractivity contribution in [1.29, 1.82) is 0 Å². The second kappa shape index (κ2) is 4.48. The zero-order chi connectivity index (χ0) is 12.7. The third kappa shape index (κ3) is 1.87. The maximum absolute atomic E-state index is 5.95. The molecule has 18 heavy (non-hydrogen) atoms. The predicted octanol–water partition coefficient (Wildman–Crippen LogP) is 0.992. The summed E-state index contributed by atoms with van der Waals surface area (Å²) >= 11 is 0. The van der Waals surface area contributed by atoms with Gasteiger partial charge in [0.2, 0.25) is 0 Å². The Labute approximate surface area is 107 Å². The summed E-state index contributed by atoms with van der Waals surface area (Å²) in [7, 11) is 2.08. The third-order valence-electron chi connectivity index (χ3n) is 3.82. The highest BCUT2D eigenvalue weighted by Crippen LogP contribution is 2.34. The fourth-order valence-electron chi connectivity index (χ4n) is 2.74. The van der Waals surface area contributed by atoms with E-state index in [0.717, 1.165) is 44.2 Å². The van der Waals surface area contributed by atoms with Crippen LogP contribution in [-0.2, 0) is 11.2 Å². The van der Waals surface area contributed by atoms with Gasteiger partial charge in [-0.25, -0.2) is 9.97 Å². The van der Waals surface area contributed by atoms with Crippen molar-refractivity contribution >= 4 is 5.82 Å². The van der Waals surface area contributed by atoms with E-state index in [1.165, 1.54) is 11.3 Å². The maximum atomic E-state index is 5.95. The van der Waals surface area contributed by atoms with Gasteiger partial charge >= 0.3 is 0 Å². The summed E-state index contributed by atoms with van der Waals surface area (Å²) < 4.78 is 5.49. The number of nitrogens with two attached hydrogens (primary N) is 1. The van der Waals surface area contributed by atoms with E-state index in [0.29, 0.717) is 5.92 Å². The molecule has 3 heterocycles. The topological polar surface area (TPSA) is 64.3 Å². The number of nitrogens with zero attached hydrogens (tertiary/aromatic N) is 3. The summed E-state index contributed by atoms with van der Waals surface area (Å²) in [4.78, 5) is 11.5. The van der Waals surface area contributed by atoms with Crippen LogP contribution in [0.4, 0.5) is 5.82 Å². The van der Waals surface area contributed by atoms with E-state index >= 15 is 0 Å². The molecule has 0 amide bonds. The van der Waals surface area contributed by atoms with Crippen LogP contribution in [0.3, 0.4) is 0 Å². The number of hydrogen-bond donors (Lipinski definition) is 1. The average Bonchev–Trinajstić information content (AvgIpc) is 2.98. The summed E-state index contributed by atoms with van der Waals surface area (Å²) in [6, 6.07) is -0.120. The molecule has 98 valence electrons. The van der Waals surface area contributed by atoms with Gasteiger partial charge in [-0.2, -0.15) is 0 Å². The van der Waals surface area contributed by atoms with Gasteiger partial charge in [-0.05, 0) is 19.8 Å². The zero-order valence-electron chi connectivity index (χ0n) is 11.0. The molecule has 0 spiro atoms. The minimum Gasteiger partial charge on any atom is -0.381 e. The van der Waals surface area contributed by atoms with Crippen molar-refractivity contribution in [3.05, 3.63) is 17.1 Å². The lowest BCUT2D eigenvalue weighted by Crippen LogP contribution is -2.18. The van der Waals surface area contributed by atoms with Crippen LogP contribution in [0.1, 0.15) is 42.4 Å². The number of hydrogen-bond acceptors (Lipinski definition) is 5. The molecule has 3 rings (SSSR count). The Bertz CT molecular complexity index is 455. The molecule has 0 bridgehead atoms. The Morgan fingerprint density at radius 2 is 2.28 bits per heavy atom. The third-order valence-corrected chi connectivity index (χ3v) is 3.82. The Morgan fingerprint density at radius 3 is 2.94 bits per heavy atom. The molecule has 1 saturated heterocycles. The second-order valence-electron chi connectivity index (χ2n) is 5.29. The molecule has 0 radical (unpaired) electrons. The molecule has 0 aromatic carbocycles. The monoisotopic (exact) mass is 248 g/mol. The molecule has 1 fully saturated rings. The van der Waals surface area contributed by atoms with E-state index in [2.05, 4.69) is 16.9 Å². The molecule has 1 aromatic heterocycles. The van der Waals surface area contributed by atoms with Crippen molar-refractivity contribution < 1.29 is 4.74 Å². The summed E-state index contributed by atoms with van der Waals surface area (Å²) in [6.45, 7) is 4.58. The van der Waals surface area contributed by atoms with Gasteiger partial charge in [0.15, 0.2) is 0 Å². The Balaban J connectivity index is 2.08. The minimum atomic E-state index is -0.120. The fourth-order valence-corrected chi connectivity index (χ4v) is 2.74. The average molecular weight is 248 g/mol. The van der Waals surface area contributed by atoms with Gasteiger partial charge in [0, 0.05) is 31.7 Å². The highest BCUT2D eigenvalue weighted by Gasteiger charge is 2.29. The zero-order valence-corrected chi connectivity index (χ0v) is 11.0. The quantitative estimate of drug-likeness (QED) is 0.845. The molecule has 2 aliphatic rings. The van der Waals surface area contributed by atoms with Gasteiger partial charge in [-0.1, -0.05) is 0 Å². The van der Waals surface area contributed by atoms with Crippen molar-refractivity contribution in [1.82, 2.24) is 9.97 Å². The fraction of sp³-hybridized carbons (Fsp3) is 0.692. The molecule has 0 saturated carbocycles. The van der Waals surface area contributed by atoms with Crippen LogP contribution < -0.4 is 10.6 Å². The van der Waals surface area contributed by atoms with Crippen molar-refractivity contribution in [2.75, 3.05) is 31.7 Å². The summed E-state index contributed by atoms with van der Waals surface area (Å²) in [5.41, 5.74) is 8.42. The first-order valence-electron chi connectivity index (χ1n) is 6.62. The van der Waals surface area contributed by atoms with Crippen molar-refractivity contribution in [2.45, 2.75) is 31.7 Å². The molecule has 0 aliphatic carbocycles. The van der Waals surface area contributed by atoms with Crippen LogP contribution in [0.25, 0.3) is 0 Å². The molecule has 2 atom stereocenters. The van der Waals surface area contributed by atoms with Crippen LogP contribution in [0, 0.1) is 0 Å². The molecule has 5 nitrogen and oxygen atoms in total. The van der Waals surface area contributed by atoms with E-state index in [1.54, 1.807) is 0 Å². The Hall–Kier alpha value is -1.20. The largest absolute Gasteiger partial charge is 0.381 e. The Morgan fingerprint density at radius 1 is 1.44 bits per heavy atom. The number of fused-ring (bicyclic) bond motifs is 1. The normalized spacial score (nSPS) is 24.4. The highest BCUT2D eigenvalue weighted by atomic mass is 16.5. The molecule has 2 unspecified atom stereocenters. The SMILES string of the molecule is CC(N)c1nc(C2CCOC2)c2c(n1)N(C)CC2. The van der Waals surface area contributed by atoms with Crippen LogP contribution in [0.2, 0.25) is 0 Å². The number of likely N-dealkylation sites (N-methyl/N-ethyl adjacent to an activating group) is 1. The highest BCUT2D eigenvalue weighted by molar-refractivity contribution is 5.54. The van der Waals surface area contributed by atoms with Crippen LogP contribution in [0.5, 0.6) is 0 Å². The first-order chi connectivity index (χ1) is 8.66. The molecule has 5 heteroatoms. The molecule has 2 N–H and O–H groups in total. The molecule has 1 aromatic rings. The van der Waals surface area contributed by atoms with Gasteiger partial charge in [0.05, 0.1) is 18.3 Å². The first kappa shape index (κ1) is 11.9. The van der Waals surface area contributed by atoms with Crippen molar-refractivity contribution in [3.63, 3.8) is 0 Å². The van der Waals surface area contributed by atoms with Crippen LogP contribution in [0.15, 0.2) is 0 Å². The standard InChI is InChI=1S/C13H20N4O/c1-8(14)12-15-11(9-4-6-18-7-9)10-3-5-17(2)13(10)16-12/h8-9H,3-7,14H2,1-2H3. The van der Waals surface area contributed by atoms with Crippen LogP contribution >= 0.6 is 0 Å². The molecular weight excluding hydrogens is 228 g/mol. The second-order valence-corrected chi connectivity index (χ2v) is 5.29. The minimum absolute atomic E-state index is 0.120. The van der Waals surface area contributed by atoms with E-state index in [9.17, 15) is 0 Å². The van der Waals surface area contributed by atoms with E-state index in [-0.39, 0.29) is 6.04 Å². The number of anilines is 1. The molecule has 2 aliphatic heterocycles. The first-order valence-corrected chi connectivity index (χ1v) is 6.62. The summed E-state index contributed by atoms with van der Waals surface area (Å²) in [5.74, 6) is 2.24. The lowest BCUT2D eigenvalue weighted by atomic mass is 9.99. The smallest absolute Gasteiger partial charge is 0.147 e. The van der Waals surface area contributed by atoms with Gasteiger partial charge in [-0.15, -0.1) is 0 Å². The maximum Gasteiger partial charge on any atom is 0.147 e. The number of aromatic nitrogens is 2. The Kier molecular flexibility index (Phi) is 2.95. The lowest BCUT2D eigenvalue weighted by molar-refractivity contribution is 0.193. The van der Waals surface area contributed by atoms with E-state index < -0.39 is 0 Å². The van der Waals surface area contributed by atoms with Gasteiger partial charge in [-0.3, -0.25) is 0 Å². The lowest BCUT2D eigenvalue weighted by Gasteiger charge is -2.17. The van der Waals surface area contributed by atoms with E-state index in [1.807, 2.05) is 6.92 Å². The molecular formula is C13H20N4O. The van der Waals surface area contributed by atoms with E-state index in [4.69, 9.17) is 15.5 Å². The van der Waals surface area contributed by atoms with Gasteiger partial charge in [0.1, 0.15) is 11.6 Å².